The average Bonchev–Trinajstić information content (AvgIpc) is 2.45. The maximum Gasteiger partial charge on any atom is 0.131 e. The number of nitriles is 1. The number of nitrogens with zero attached hydrogens (tertiary/aromatic N) is 2. The van der Waals surface area contributed by atoms with Crippen LogP contribution in [-0.2, 0) is 0 Å². The second-order valence-corrected chi connectivity index (χ2v) is 5.61. The van der Waals surface area contributed by atoms with E-state index in [2.05, 4.69) is 22.0 Å². The van der Waals surface area contributed by atoms with Crippen molar-refractivity contribution in [3.63, 3.8) is 0 Å². The van der Waals surface area contributed by atoms with Crippen molar-refractivity contribution >= 4 is 33.3 Å². The molecule has 21 heavy (non-hydrogen) atoms. The van der Waals surface area contributed by atoms with Crippen LogP contribution in [0.1, 0.15) is 11.1 Å². The minimum Gasteiger partial charge on any atom is -0.377 e. The smallest absolute Gasteiger partial charge is 0.131 e. The first-order chi connectivity index (χ1) is 10.0. The van der Waals surface area contributed by atoms with Crippen LogP contribution in [0.2, 0.25) is 0 Å². The lowest BCUT2D eigenvalue weighted by atomic mass is 10.0. The van der Waals surface area contributed by atoms with Crippen molar-refractivity contribution in [1.82, 2.24) is 0 Å². The van der Waals surface area contributed by atoms with Crippen molar-refractivity contribution in [3.05, 3.63) is 63.9 Å². The molecule has 0 amide bonds. The molecule has 0 N–H and O–H groups in total. The van der Waals surface area contributed by atoms with Gasteiger partial charge >= 0.3 is 0 Å². The topological polar surface area (TPSA) is 27.0 Å². The Bertz CT molecular complexity index is 730. The SMILES string of the molecule is CN(C)c1ccc(C=C(C#N)c2ccccc2F)cc1Br. The van der Waals surface area contributed by atoms with E-state index in [1.54, 1.807) is 24.3 Å². The maximum absolute atomic E-state index is 13.8. The zero-order chi connectivity index (χ0) is 15.4. The van der Waals surface area contributed by atoms with Gasteiger partial charge in [-0.3, -0.25) is 0 Å². The van der Waals surface area contributed by atoms with Crippen LogP contribution in [0.5, 0.6) is 0 Å². The van der Waals surface area contributed by atoms with Gasteiger partial charge in [-0.05, 0) is 45.8 Å². The fourth-order valence-corrected chi connectivity index (χ4v) is 2.74. The largest absolute Gasteiger partial charge is 0.377 e. The van der Waals surface area contributed by atoms with E-state index in [0.717, 1.165) is 15.7 Å². The van der Waals surface area contributed by atoms with Gasteiger partial charge in [-0.2, -0.15) is 5.26 Å². The minimum absolute atomic E-state index is 0.303. The normalized spacial score (nSPS) is 11.1. The zero-order valence-electron chi connectivity index (χ0n) is 11.8. The van der Waals surface area contributed by atoms with E-state index < -0.39 is 5.82 Å². The standard InChI is InChI=1S/C17H14BrFN2/c1-21(2)17-8-7-12(10-15(17)18)9-13(11-20)14-5-3-4-6-16(14)19/h3-10H,1-2H3. The third-order valence-electron chi connectivity index (χ3n) is 3.05. The van der Waals surface area contributed by atoms with Gasteiger partial charge in [0.1, 0.15) is 5.82 Å². The number of hydrogen-bond donors (Lipinski definition) is 0. The van der Waals surface area contributed by atoms with Crippen LogP contribution in [0.4, 0.5) is 10.1 Å². The quantitative estimate of drug-likeness (QED) is 0.595. The Morgan fingerprint density at radius 3 is 2.52 bits per heavy atom. The van der Waals surface area contributed by atoms with Gasteiger partial charge < -0.3 is 4.90 Å². The van der Waals surface area contributed by atoms with Crippen LogP contribution in [-0.4, -0.2) is 14.1 Å². The van der Waals surface area contributed by atoms with Crippen LogP contribution in [0.25, 0.3) is 11.6 Å². The summed E-state index contributed by atoms with van der Waals surface area (Å²) in [6.45, 7) is 0. The van der Waals surface area contributed by atoms with Crippen molar-refractivity contribution in [1.29, 1.82) is 5.26 Å². The summed E-state index contributed by atoms with van der Waals surface area (Å²) < 4.78 is 14.7. The Labute approximate surface area is 132 Å². The minimum atomic E-state index is -0.394. The lowest BCUT2D eigenvalue weighted by Gasteiger charge is -2.14. The number of rotatable bonds is 3. The summed E-state index contributed by atoms with van der Waals surface area (Å²) in [6.07, 6.45) is 1.68. The Hall–Kier alpha value is -2.12. The van der Waals surface area contributed by atoms with Gasteiger partial charge in [0.2, 0.25) is 0 Å². The predicted molar refractivity (Wildman–Crippen MR) is 88.4 cm³/mol. The molecule has 2 aromatic rings. The van der Waals surface area contributed by atoms with Crippen molar-refractivity contribution < 1.29 is 4.39 Å². The molecule has 4 heteroatoms. The molecule has 0 aliphatic rings. The highest BCUT2D eigenvalue weighted by atomic mass is 79.9. The summed E-state index contributed by atoms with van der Waals surface area (Å²) in [6, 6.07) is 14.1. The first-order valence-electron chi connectivity index (χ1n) is 6.36. The molecule has 0 aromatic heterocycles. The van der Waals surface area contributed by atoms with Crippen LogP contribution in [0.15, 0.2) is 46.9 Å². The number of halogens is 2. The summed E-state index contributed by atoms with van der Waals surface area (Å²) in [7, 11) is 3.91. The van der Waals surface area contributed by atoms with E-state index >= 15 is 0 Å². The molecule has 2 rings (SSSR count). The van der Waals surface area contributed by atoms with Gasteiger partial charge in [0.15, 0.2) is 0 Å². The van der Waals surface area contributed by atoms with E-state index in [1.807, 2.05) is 37.2 Å². The lowest BCUT2D eigenvalue weighted by Crippen LogP contribution is -2.09. The highest BCUT2D eigenvalue weighted by molar-refractivity contribution is 9.10. The van der Waals surface area contributed by atoms with Crippen molar-refractivity contribution in [2.24, 2.45) is 0 Å². The number of hydrogen-bond acceptors (Lipinski definition) is 2. The molecule has 2 nitrogen and oxygen atoms in total. The maximum atomic E-state index is 13.8. The molecule has 0 aliphatic heterocycles. The van der Waals surface area contributed by atoms with Gasteiger partial charge in [-0.1, -0.05) is 24.3 Å². The second kappa shape index (κ2) is 6.55. The van der Waals surface area contributed by atoms with E-state index in [4.69, 9.17) is 0 Å². The predicted octanol–water partition coefficient (Wildman–Crippen LogP) is 4.72. The fraction of sp³-hybridized carbons (Fsp3) is 0.118. The number of anilines is 1. The first-order valence-corrected chi connectivity index (χ1v) is 7.16. The van der Waals surface area contributed by atoms with E-state index in [-0.39, 0.29) is 0 Å². The Morgan fingerprint density at radius 1 is 1.24 bits per heavy atom. The fourth-order valence-electron chi connectivity index (χ4n) is 1.99. The number of benzene rings is 2. The summed E-state index contributed by atoms with van der Waals surface area (Å²) in [4.78, 5) is 1.99. The molecule has 0 heterocycles. The van der Waals surface area contributed by atoms with Gasteiger partial charge in [-0.25, -0.2) is 4.39 Å². The molecule has 0 unspecified atom stereocenters. The molecular formula is C17H14BrFN2. The van der Waals surface area contributed by atoms with E-state index in [9.17, 15) is 9.65 Å². The molecule has 0 atom stereocenters. The molecule has 0 fully saturated rings. The third-order valence-corrected chi connectivity index (χ3v) is 3.68. The molecule has 106 valence electrons. The molecule has 0 aliphatic carbocycles. The van der Waals surface area contributed by atoms with Gasteiger partial charge in [0, 0.05) is 24.1 Å². The van der Waals surface area contributed by atoms with Crippen LogP contribution < -0.4 is 4.90 Å². The molecule has 0 bridgehead atoms. The summed E-state index contributed by atoms with van der Waals surface area (Å²) in [5, 5.41) is 9.27. The second-order valence-electron chi connectivity index (χ2n) is 4.75. The molecular weight excluding hydrogens is 331 g/mol. The molecule has 0 saturated carbocycles. The van der Waals surface area contributed by atoms with Crippen LogP contribution >= 0.6 is 15.9 Å². The molecule has 2 aromatic carbocycles. The van der Waals surface area contributed by atoms with Crippen molar-refractivity contribution in [3.8, 4) is 6.07 Å². The summed E-state index contributed by atoms with van der Waals surface area (Å²) in [5.41, 5.74) is 2.49. The monoisotopic (exact) mass is 344 g/mol. The molecule has 0 spiro atoms. The van der Waals surface area contributed by atoms with E-state index in [1.165, 1.54) is 6.07 Å². The van der Waals surface area contributed by atoms with E-state index in [0.29, 0.717) is 11.1 Å². The summed E-state index contributed by atoms with van der Waals surface area (Å²) >= 11 is 3.50. The molecule has 0 radical (unpaired) electrons. The Morgan fingerprint density at radius 2 is 1.95 bits per heavy atom. The summed E-state index contributed by atoms with van der Waals surface area (Å²) in [5.74, 6) is -0.394. The average molecular weight is 345 g/mol. The van der Waals surface area contributed by atoms with Crippen molar-refractivity contribution in [2.45, 2.75) is 0 Å². The highest BCUT2D eigenvalue weighted by Crippen LogP contribution is 2.28. The van der Waals surface area contributed by atoms with Crippen LogP contribution in [0, 0.1) is 17.1 Å². The van der Waals surface area contributed by atoms with Gasteiger partial charge in [0.25, 0.3) is 0 Å². The lowest BCUT2D eigenvalue weighted by molar-refractivity contribution is 0.624. The van der Waals surface area contributed by atoms with Gasteiger partial charge in [-0.15, -0.1) is 0 Å². The highest BCUT2D eigenvalue weighted by Gasteiger charge is 2.08. The first kappa shape index (κ1) is 15.3. The van der Waals surface area contributed by atoms with Crippen molar-refractivity contribution in [2.75, 3.05) is 19.0 Å². The van der Waals surface area contributed by atoms with Gasteiger partial charge in [0.05, 0.1) is 17.3 Å². The molecule has 0 saturated heterocycles. The zero-order valence-corrected chi connectivity index (χ0v) is 13.4. The van der Waals surface area contributed by atoms with Crippen LogP contribution in [0.3, 0.4) is 0 Å². The number of allylic oxidation sites excluding steroid dienone is 1. The Kier molecular flexibility index (Phi) is 4.77. The Balaban J connectivity index is 2.45. The third kappa shape index (κ3) is 3.50.